The summed E-state index contributed by atoms with van der Waals surface area (Å²) < 4.78 is 25.6. The first-order valence-corrected chi connectivity index (χ1v) is 5.51. The van der Waals surface area contributed by atoms with Crippen LogP contribution in [0.3, 0.4) is 0 Å². The monoisotopic (exact) mass is 484 g/mol. The summed E-state index contributed by atoms with van der Waals surface area (Å²) in [6, 6.07) is 0. The third kappa shape index (κ3) is 74100. The van der Waals surface area contributed by atoms with Crippen molar-refractivity contribution < 1.29 is 78.7 Å². The van der Waals surface area contributed by atoms with Crippen LogP contribution in [0, 0.1) is 31.1 Å². The predicted octanol–water partition coefficient (Wildman–Crippen LogP) is -9.46. The van der Waals surface area contributed by atoms with Gasteiger partial charge in [0.25, 0.3) is 0 Å². The molecule has 0 heterocycles. The van der Waals surface area contributed by atoms with E-state index >= 15 is 0 Å². The molecule has 0 atom stereocenters. The van der Waals surface area contributed by atoms with Gasteiger partial charge in [0.1, 0.15) is 0 Å². The quantitative estimate of drug-likeness (QED) is 0.297. The molecule has 0 aromatic rings. The van der Waals surface area contributed by atoms with Gasteiger partial charge in [-0.3, -0.25) is 0 Å². The van der Waals surface area contributed by atoms with Crippen molar-refractivity contribution in [1.29, 1.82) is 0 Å². The summed E-state index contributed by atoms with van der Waals surface area (Å²) >= 11 is 0. The second-order valence-corrected chi connectivity index (χ2v) is 2.25. The molecule has 0 aliphatic carbocycles. The van der Waals surface area contributed by atoms with Gasteiger partial charge in [0.2, 0.25) is 0 Å². The Balaban J connectivity index is -0.0000000270. The van der Waals surface area contributed by atoms with Crippen molar-refractivity contribution in [1.82, 2.24) is 0 Å². The number of hydrogen-bond donors (Lipinski definition) is 0. The summed E-state index contributed by atoms with van der Waals surface area (Å²) in [4.78, 5) is 51.1. The van der Waals surface area contributed by atoms with E-state index < -0.39 is 27.5 Å². The van der Waals surface area contributed by atoms with E-state index in [1.165, 1.54) is 0 Å². The second-order valence-electron chi connectivity index (χ2n) is 0.750. The van der Waals surface area contributed by atoms with Gasteiger partial charge >= 0.3 is 0 Å². The molecule has 14 heteroatoms. The van der Waals surface area contributed by atoms with Gasteiger partial charge < -0.3 is 47.6 Å². The fourth-order valence-electron chi connectivity index (χ4n) is 0. The van der Waals surface area contributed by atoms with Crippen LogP contribution in [0.4, 0.5) is 0 Å². The van der Waals surface area contributed by atoms with Gasteiger partial charge in [0.05, 0.1) is 0 Å². The molecule has 0 aromatic carbocycles. The number of hydrogen-bond acceptors (Lipinski definition) is 9. The van der Waals surface area contributed by atoms with Crippen LogP contribution >= 0.6 is 0 Å². The van der Waals surface area contributed by atoms with Gasteiger partial charge in [-0.2, -0.15) is 0 Å². The molecule has 14 heavy (non-hydrogen) atoms. The van der Waals surface area contributed by atoms with Crippen molar-refractivity contribution in [2.75, 3.05) is 0 Å². The van der Waals surface area contributed by atoms with E-state index in [0.29, 0.717) is 0 Å². The van der Waals surface area contributed by atoms with Crippen molar-refractivity contribution in [2.45, 2.75) is 0 Å². The Hall–Kier alpha value is -0.137. The Morgan fingerprint density at radius 3 is 0.571 bits per heavy atom. The zero-order valence-corrected chi connectivity index (χ0v) is 13.3. The number of rotatable bonds is 0. The molecule has 0 rings (SSSR count). The Kier molecular flexibility index (Phi) is 48.1. The third-order valence-electron chi connectivity index (χ3n) is 0. The maximum absolute atomic E-state index is 8.52. The van der Waals surface area contributed by atoms with Crippen LogP contribution in [0.2, 0.25) is 0 Å². The summed E-state index contributed by atoms with van der Waals surface area (Å²) in [5.74, 6) is 0. The Morgan fingerprint density at radius 1 is 0.571 bits per heavy atom. The standard InChI is InChI=1S/3O3Si.H2O.U/c3*1-4(2)3;;/h;;;1H2;/q3*-2;;. The average Bonchev–Trinajstić information content (AvgIpc) is 1.54. The maximum atomic E-state index is 8.52. The minimum Gasteiger partial charge on any atom is -0.672 e. The van der Waals surface area contributed by atoms with Crippen LogP contribution in [0.5, 0.6) is 0 Å². The fourth-order valence-corrected chi connectivity index (χ4v) is 0. The zero-order chi connectivity index (χ0) is 10.7. The molecule has 0 unspecified atom stereocenters. The van der Waals surface area contributed by atoms with Crippen LogP contribution in [0.25, 0.3) is 0 Å². The molecule has 0 fully saturated rings. The summed E-state index contributed by atoms with van der Waals surface area (Å²) in [7, 11) is -10.9. The molecule has 0 aromatic heterocycles. The van der Waals surface area contributed by atoms with Crippen LogP contribution in [-0.4, -0.2) is 33.0 Å². The molecular formula is H2O10Si3U-6. The van der Waals surface area contributed by atoms with E-state index in [0.717, 1.165) is 0 Å². The summed E-state index contributed by atoms with van der Waals surface area (Å²) in [6.45, 7) is 0. The van der Waals surface area contributed by atoms with E-state index in [2.05, 4.69) is 0 Å². The normalized spacial score (nSPS) is 5.14. The molecular weight excluding hydrogens is 482 g/mol. The van der Waals surface area contributed by atoms with E-state index in [9.17, 15) is 0 Å². The van der Waals surface area contributed by atoms with Crippen LogP contribution < -0.4 is 28.8 Å². The Morgan fingerprint density at radius 2 is 0.571 bits per heavy atom. The van der Waals surface area contributed by atoms with Gasteiger partial charge in [0.15, 0.2) is 0 Å². The summed E-state index contributed by atoms with van der Waals surface area (Å²) in [6.07, 6.45) is 0. The maximum Gasteiger partial charge on any atom is 0.0172 e. The third-order valence-corrected chi connectivity index (χ3v) is 0. The second kappa shape index (κ2) is 23.0. The van der Waals surface area contributed by atoms with Gasteiger partial charge in [-0.25, -0.2) is 0 Å². The predicted molar refractivity (Wildman–Crippen MR) is 22.9 cm³/mol. The largest absolute Gasteiger partial charge is 0.672 e. The Bertz CT molecular complexity index is 113. The van der Waals surface area contributed by atoms with Crippen molar-refractivity contribution in [3.8, 4) is 0 Å². The smallest absolute Gasteiger partial charge is 0.0172 e. The molecule has 0 saturated carbocycles. The van der Waals surface area contributed by atoms with Gasteiger partial charge in [-0.1, -0.05) is 0 Å². The van der Waals surface area contributed by atoms with Gasteiger partial charge in [-0.05, 0) is 0 Å². The van der Waals surface area contributed by atoms with Gasteiger partial charge in [0, 0.05) is 58.6 Å². The molecule has 2 N–H and O–H groups in total. The first kappa shape index (κ1) is 29.2. The molecule has 10 nitrogen and oxygen atoms in total. The van der Waals surface area contributed by atoms with E-state index in [4.69, 9.17) is 42.2 Å². The van der Waals surface area contributed by atoms with E-state index in [1.807, 2.05) is 0 Å². The van der Waals surface area contributed by atoms with Crippen LogP contribution in [0.1, 0.15) is 0 Å². The molecule has 0 bridgehead atoms. The molecule has 0 aliphatic heterocycles. The van der Waals surface area contributed by atoms with Crippen molar-refractivity contribution in [2.24, 2.45) is 0 Å². The molecule has 0 radical (unpaired) electrons. The summed E-state index contributed by atoms with van der Waals surface area (Å²) in [5, 5.41) is 0. The first-order chi connectivity index (χ1) is 5.20. The molecule has 0 amide bonds. The van der Waals surface area contributed by atoms with E-state index in [1.54, 1.807) is 0 Å². The topological polar surface area (TPSA) is 221 Å². The van der Waals surface area contributed by atoms with Crippen LogP contribution in [-0.2, 0) is 13.4 Å². The van der Waals surface area contributed by atoms with Crippen LogP contribution in [0.15, 0.2) is 0 Å². The van der Waals surface area contributed by atoms with Gasteiger partial charge in [-0.15, -0.1) is 0 Å². The molecule has 84 valence electrons. The first-order valence-electron chi connectivity index (χ1n) is 1.84. The Labute approximate surface area is 106 Å². The minimum atomic E-state index is -3.63. The molecule has 0 aliphatic rings. The van der Waals surface area contributed by atoms with E-state index in [-0.39, 0.29) is 36.6 Å². The van der Waals surface area contributed by atoms with Crippen molar-refractivity contribution >= 4 is 27.5 Å². The average molecular weight is 484 g/mol. The molecule has 0 spiro atoms. The SMILES string of the molecule is O.O=[Si]([O-])[O-].O=[Si]([O-])[O-].O=[Si]([O-])[O-].[U]. The fraction of sp³-hybridized carbons (Fsp3) is 0. The summed E-state index contributed by atoms with van der Waals surface area (Å²) in [5.41, 5.74) is 0. The van der Waals surface area contributed by atoms with Crippen molar-refractivity contribution in [3.63, 3.8) is 0 Å². The minimum absolute atomic E-state index is 0. The van der Waals surface area contributed by atoms with Crippen molar-refractivity contribution in [3.05, 3.63) is 0 Å². The zero-order valence-electron chi connectivity index (χ0n) is 6.17. The molecule has 0 saturated heterocycles.